The van der Waals surface area contributed by atoms with E-state index in [-0.39, 0.29) is 0 Å². The number of pyridine rings is 1. The molecule has 0 aliphatic carbocycles. The molecule has 2 atom stereocenters. The zero-order chi connectivity index (χ0) is 13.8. The Kier molecular flexibility index (Phi) is 4.86. The first kappa shape index (κ1) is 14.2. The number of thioether (sulfide) groups is 2. The van der Waals surface area contributed by atoms with Crippen molar-refractivity contribution in [2.75, 3.05) is 23.8 Å². The summed E-state index contributed by atoms with van der Waals surface area (Å²) in [6.45, 7) is 3.18. The highest BCUT2D eigenvalue weighted by Gasteiger charge is 2.26. The van der Waals surface area contributed by atoms with Crippen LogP contribution in [0.3, 0.4) is 0 Å². The van der Waals surface area contributed by atoms with Gasteiger partial charge in [-0.3, -0.25) is 4.98 Å². The minimum Gasteiger partial charge on any atom is -0.309 e. The van der Waals surface area contributed by atoms with E-state index < -0.39 is 0 Å². The second kappa shape index (κ2) is 6.83. The van der Waals surface area contributed by atoms with Gasteiger partial charge in [-0.05, 0) is 17.5 Å². The van der Waals surface area contributed by atoms with Gasteiger partial charge in [-0.2, -0.15) is 23.5 Å². The molecule has 1 aromatic heterocycles. The summed E-state index contributed by atoms with van der Waals surface area (Å²) in [5.74, 6) is 3.77. The van der Waals surface area contributed by atoms with E-state index in [0.717, 1.165) is 6.54 Å². The maximum atomic E-state index is 4.45. The van der Waals surface area contributed by atoms with Crippen molar-refractivity contribution in [3.05, 3.63) is 42.2 Å². The fourth-order valence-electron chi connectivity index (χ4n) is 2.75. The molecule has 1 aliphatic rings. The number of rotatable bonds is 4. The fraction of sp³-hybridized carbons (Fsp3) is 0.438. The van der Waals surface area contributed by atoms with Gasteiger partial charge < -0.3 is 5.32 Å². The van der Waals surface area contributed by atoms with E-state index in [1.165, 1.54) is 33.6 Å². The maximum Gasteiger partial charge on any atom is 0.0470 e. The molecule has 0 amide bonds. The molecule has 1 aliphatic heterocycles. The molecule has 0 bridgehead atoms. The van der Waals surface area contributed by atoms with Gasteiger partial charge in [-0.15, -0.1) is 0 Å². The van der Waals surface area contributed by atoms with Crippen molar-refractivity contribution in [3.63, 3.8) is 0 Å². The third kappa shape index (κ3) is 2.97. The summed E-state index contributed by atoms with van der Waals surface area (Å²) in [6, 6.07) is 8.98. The number of fused-ring (bicyclic) bond motifs is 1. The van der Waals surface area contributed by atoms with Crippen LogP contribution >= 0.6 is 23.5 Å². The Bertz CT molecular complexity index is 562. The Balaban J connectivity index is 2.00. The van der Waals surface area contributed by atoms with Crippen LogP contribution in [-0.2, 0) is 0 Å². The van der Waals surface area contributed by atoms with E-state index in [2.05, 4.69) is 71.2 Å². The van der Waals surface area contributed by atoms with E-state index in [1.54, 1.807) is 0 Å². The van der Waals surface area contributed by atoms with Gasteiger partial charge in [0.05, 0.1) is 0 Å². The fourth-order valence-corrected chi connectivity index (χ4v) is 5.61. The first-order valence-electron chi connectivity index (χ1n) is 7.15. The highest BCUT2D eigenvalue weighted by Crippen LogP contribution is 2.35. The van der Waals surface area contributed by atoms with Gasteiger partial charge in [0.15, 0.2) is 0 Å². The number of hydrogen-bond donors (Lipinski definition) is 1. The quantitative estimate of drug-likeness (QED) is 0.930. The standard InChI is InChI=1S/C16H20N2S2/c1-2-18-16(15-11-19-7-8-20-15)14-10-17-9-12-5-3-4-6-13(12)14/h3-6,9-10,15-16,18H,2,7-8,11H2,1H3. The first-order chi connectivity index (χ1) is 9.90. The zero-order valence-electron chi connectivity index (χ0n) is 11.7. The summed E-state index contributed by atoms with van der Waals surface area (Å²) in [5, 5.41) is 6.90. The molecule has 1 N–H and O–H groups in total. The van der Waals surface area contributed by atoms with Crippen molar-refractivity contribution in [2.24, 2.45) is 0 Å². The molecule has 106 valence electrons. The molecule has 1 aromatic carbocycles. The SMILES string of the molecule is CCNC(c1cncc2ccccc12)C1CSCCS1. The summed E-state index contributed by atoms with van der Waals surface area (Å²) in [4.78, 5) is 4.45. The molecule has 4 heteroatoms. The number of aromatic nitrogens is 1. The number of nitrogens with zero attached hydrogens (tertiary/aromatic N) is 1. The predicted molar refractivity (Wildman–Crippen MR) is 91.7 cm³/mol. The van der Waals surface area contributed by atoms with Crippen LogP contribution in [0.2, 0.25) is 0 Å². The second-order valence-electron chi connectivity index (χ2n) is 4.97. The Morgan fingerprint density at radius 1 is 1.30 bits per heavy atom. The van der Waals surface area contributed by atoms with Crippen LogP contribution in [0.25, 0.3) is 10.8 Å². The summed E-state index contributed by atoms with van der Waals surface area (Å²) < 4.78 is 0. The van der Waals surface area contributed by atoms with Crippen LogP contribution < -0.4 is 5.32 Å². The first-order valence-corrected chi connectivity index (χ1v) is 9.36. The largest absolute Gasteiger partial charge is 0.309 e. The lowest BCUT2D eigenvalue weighted by Gasteiger charge is -2.31. The second-order valence-corrected chi connectivity index (χ2v) is 7.47. The molecule has 2 unspecified atom stereocenters. The average Bonchev–Trinajstić information content (AvgIpc) is 2.53. The Morgan fingerprint density at radius 2 is 2.20 bits per heavy atom. The summed E-state index contributed by atoms with van der Waals surface area (Å²) >= 11 is 4.18. The van der Waals surface area contributed by atoms with Gasteiger partial charge in [-0.1, -0.05) is 31.2 Å². The van der Waals surface area contributed by atoms with E-state index in [1.807, 2.05) is 6.20 Å². The number of nitrogens with one attached hydrogen (secondary N) is 1. The van der Waals surface area contributed by atoms with E-state index in [4.69, 9.17) is 0 Å². The van der Waals surface area contributed by atoms with Crippen molar-refractivity contribution in [1.29, 1.82) is 0 Å². The van der Waals surface area contributed by atoms with Gasteiger partial charge in [-0.25, -0.2) is 0 Å². The highest BCUT2D eigenvalue weighted by molar-refractivity contribution is 8.06. The monoisotopic (exact) mass is 304 g/mol. The van der Waals surface area contributed by atoms with Crippen molar-refractivity contribution in [1.82, 2.24) is 10.3 Å². The molecule has 20 heavy (non-hydrogen) atoms. The molecular formula is C16H20N2S2. The van der Waals surface area contributed by atoms with E-state index in [9.17, 15) is 0 Å². The molecule has 2 nitrogen and oxygen atoms in total. The van der Waals surface area contributed by atoms with Crippen LogP contribution in [0.4, 0.5) is 0 Å². The molecular weight excluding hydrogens is 284 g/mol. The number of benzene rings is 1. The van der Waals surface area contributed by atoms with Crippen LogP contribution in [-0.4, -0.2) is 34.0 Å². The lowest BCUT2D eigenvalue weighted by Crippen LogP contribution is -2.33. The van der Waals surface area contributed by atoms with Crippen molar-refractivity contribution in [3.8, 4) is 0 Å². The molecule has 0 saturated carbocycles. The van der Waals surface area contributed by atoms with Crippen LogP contribution in [0.1, 0.15) is 18.5 Å². The minimum absolute atomic E-state index is 0.399. The molecule has 1 saturated heterocycles. The predicted octanol–water partition coefficient (Wildman–Crippen LogP) is 3.73. The zero-order valence-corrected chi connectivity index (χ0v) is 13.3. The average molecular weight is 304 g/mol. The summed E-state index contributed by atoms with van der Waals surface area (Å²) in [7, 11) is 0. The minimum atomic E-state index is 0.399. The maximum absolute atomic E-state index is 4.45. The summed E-state index contributed by atoms with van der Waals surface area (Å²) in [6.07, 6.45) is 4.01. The van der Waals surface area contributed by atoms with Crippen molar-refractivity contribution in [2.45, 2.75) is 18.2 Å². The van der Waals surface area contributed by atoms with Gasteiger partial charge in [0, 0.05) is 46.3 Å². The smallest absolute Gasteiger partial charge is 0.0470 e. The molecule has 2 heterocycles. The van der Waals surface area contributed by atoms with Crippen molar-refractivity contribution >= 4 is 34.3 Å². The topological polar surface area (TPSA) is 24.9 Å². The van der Waals surface area contributed by atoms with E-state index >= 15 is 0 Å². The lowest BCUT2D eigenvalue weighted by atomic mass is 9.99. The van der Waals surface area contributed by atoms with E-state index in [0.29, 0.717) is 11.3 Å². The molecule has 0 radical (unpaired) electrons. The van der Waals surface area contributed by atoms with Gasteiger partial charge in [0.1, 0.15) is 0 Å². The molecule has 2 aromatic rings. The molecule has 1 fully saturated rings. The molecule has 3 rings (SSSR count). The highest BCUT2D eigenvalue weighted by atomic mass is 32.2. The van der Waals surface area contributed by atoms with Crippen LogP contribution in [0.5, 0.6) is 0 Å². The third-order valence-corrected chi connectivity index (χ3v) is 6.54. The van der Waals surface area contributed by atoms with Gasteiger partial charge in [0.25, 0.3) is 0 Å². The van der Waals surface area contributed by atoms with Crippen LogP contribution in [0.15, 0.2) is 36.7 Å². The normalized spacial score (nSPS) is 20.9. The Morgan fingerprint density at radius 3 is 3.00 bits per heavy atom. The summed E-state index contributed by atoms with van der Waals surface area (Å²) in [5.41, 5.74) is 1.35. The molecule has 0 spiro atoms. The third-order valence-electron chi connectivity index (χ3n) is 3.67. The number of hydrogen-bond acceptors (Lipinski definition) is 4. The van der Waals surface area contributed by atoms with Crippen molar-refractivity contribution < 1.29 is 0 Å². The van der Waals surface area contributed by atoms with Gasteiger partial charge >= 0.3 is 0 Å². The van der Waals surface area contributed by atoms with Gasteiger partial charge in [0.2, 0.25) is 0 Å². The Labute approximate surface area is 129 Å². The van der Waals surface area contributed by atoms with Crippen LogP contribution in [0, 0.1) is 0 Å². The Hall–Kier alpha value is -0.710. The lowest BCUT2D eigenvalue weighted by molar-refractivity contribution is 0.552.